The smallest absolute Gasteiger partial charge is 0.352 e. The highest BCUT2D eigenvalue weighted by atomic mass is 16.5. The van der Waals surface area contributed by atoms with Gasteiger partial charge >= 0.3 is 5.97 Å². The summed E-state index contributed by atoms with van der Waals surface area (Å²) in [5, 5.41) is 19.8. The topological polar surface area (TPSA) is 87.1 Å². The molecule has 26 heavy (non-hydrogen) atoms. The number of carboxylic acid groups (broad SMARTS) is 1. The fourth-order valence-electron chi connectivity index (χ4n) is 5.49. The number of β-lactam (4-membered cyclic amide) rings is 1. The number of fused-ring (bicyclic) bond motifs is 3. The number of aliphatic hydroxyl groups excluding tert-OH is 1. The maximum Gasteiger partial charge on any atom is 0.352 e. The van der Waals surface area contributed by atoms with Crippen LogP contribution in [0.5, 0.6) is 0 Å². The van der Waals surface area contributed by atoms with Crippen LogP contribution in [0.3, 0.4) is 0 Å². The van der Waals surface area contributed by atoms with E-state index in [1.807, 2.05) is 0 Å². The maximum atomic E-state index is 12.5. The molecule has 4 aliphatic rings. The first-order chi connectivity index (χ1) is 12.3. The number of hydrogen-bond donors (Lipinski definition) is 2. The zero-order chi connectivity index (χ0) is 18.6. The average Bonchev–Trinajstić information content (AvgIpc) is 3.13. The molecule has 0 aromatic heterocycles. The Hall–Kier alpha value is -1.44. The van der Waals surface area contributed by atoms with E-state index in [2.05, 4.69) is 7.05 Å². The van der Waals surface area contributed by atoms with Crippen LogP contribution in [0.1, 0.15) is 32.6 Å². The third-order valence-electron chi connectivity index (χ3n) is 6.91. The molecule has 1 amide bonds. The second-order valence-electron chi connectivity index (χ2n) is 8.64. The number of aliphatic hydroxyl groups is 1. The summed E-state index contributed by atoms with van der Waals surface area (Å²) in [5.41, 5.74) is 0.909. The van der Waals surface area contributed by atoms with E-state index < -0.39 is 18.0 Å². The van der Waals surface area contributed by atoms with E-state index in [4.69, 9.17) is 4.74 Å². The van der Waals surface area contributed by atoms with E-state index in [0.717, 1.165) is 29.4 Å². The highest BCUT2D eigenvalue weighted by molar-refractivity contribution is 6.00. The molecule has 4 heterocycles. The van der Waals surface area contributed by atoms with Gasteiger partial charge in [-0.15, -0.1) is 0 Å². The molecule has 0 saturated carbocycles. The average molecular weight is 365 g/mol. The van der Waals surface area contributed by atoms with Gasteiger partial charge in [0.1, 0.15) is 11.8 Å². The van der Waals surface area contributed by atoms with E-state index in [1.54, 1.807) is 6.92 Å². The molecule has 0 spiro atoms. The summed E-state index contributed by atoms with van der Waals surface area (Å²) in [6.45, 7) is 5.59. The Morgan fingerprint density at radius 1 is 1.38 bits per heavy atom. The van der Waals surface area contributed by atoms with E-state index in [-0.39, 0.29) is 29.7 Å². The minimum Gasteiger partial charge on any atom is -0.477 e. The van der Waals surface area contributed by atoms with Crippen LogP contribution >= 0.6 is 0 Å². The van der Waals surface area contributed by atoms with Crippen molar-refractivity contribution in [2.45, 2.75) is 50.9 Å². The summed E-state index contributed by atoms with van der Waals surface area (Å²) >= 11 is 0. The lowest BCUT2D eigenvalue weighted by Crippen LogP contribution is -2.65. The lowest BCUT2D eigenvalue weighted by Gasteiger charge is -2.47. The van der Waals surface area contributed by atoms with Crippen molar-refractivity contribution in [2.24, 2.45) is 11.8 Å². The quantitative estimate of drug-likeness (QED) is 0.550. The van der Waals surface area contributed by atoms with E-state index in [0.29, 0.717) is 6.61 Å². The molecule has 3 saturated heterocycles. The van der Waals surface area contributed by atoms with Gasteiger partial charge in [0.2, 0.25) is 5.91 Å². The number of carboxylic acids is 1. The molecular formula is C19H29N2O5+. The lowest BCUT2D eigenvalue weighted by molar-refractivity contribution is -0.898. The standard InChI is InChI=1S/C19H28N2O5/c1-11(22)13-15-17-14(16(19(24)25)20(15)18(13)23)12(6-10-26-17)5-9-21(2)7-3-4-8-21/h11-13,15,17,22H,3-10H2,1-2H3/p+1/t11-,12-,13-,15+,17+/m1/s1. The molecule has 5 atom stereocenters. The monoisotopic (exact) mass is 365 g/mol. The van der Waals surface area contributed by atoms with Crippen molar-refractivity contribution in [3.63, 3.8) is 0 Å². The van der Waals surface area contributed by atoms with Gasteiger partial charge in [-0.3, -0.25) is 9.69 Å². The van der Waals surface area contributed by atoms with Crippen molar-refractivity contribution in [3.05, 3.63) is 11.3 Å². The molecule has 0 unspecified atom stereocenters. The molecule has 0 aromatic rings. The summed E-state index contributed by atoms with van der Waals surface area (Å²) in [7, 11) is 2.28. The van der Waals surface area contributed by atoms with Crippen molar-refractivity contribution < 1.29 is 29.0 Å². The van der Waals surface area contributed by atoms with Gasteiger partial charge in [-0.1, -0.05) is 0 Å². The van der Waals surface area contributed by atoms with Crippen LogP contribution < -0.4 is 0 Å². The number of carbonyl (C=O) groups is 2. The van der Waals surface area contributed by atoms with Crippen LogP contribution in [-0.4, -0.2) is 83.0 Å². The Balaban J connectivity index is 1.60. The molecule has 7 nitrogen and oxygen atoms in total. The SMILES string of the molecule is C[C@@H](O)[C@H]1C(=O)N2C(C(=O)O)=C3[C@H](CC[N+]4(C)CCCC4)CCO[C@@H]3[C@H]12. The fourth-order valence-corrected chi connectivity index (χ4v) is 5.49. The third kappa shape index (κ3) is 2.60. The first-order valence-electron chi connectivity index (χ1n) is 9.78. The molecule has 2 N–H and O–H groups in total. The van der Waals surface area contributed by atoms with Crippen molar-refractivity contribution >= 4 is 11.9 Å². The Kier molecular flexibility index (Phi) is 4.36. The molecule has 144 valence electrons. The van der Waals surface area contributed by atoms with Crippen LogP contribution in [0.4, 0.5) is 0 Å². The van der Waals surface area contributed by atoms with E-state index >= 15 is 0 Å². The number of nitrogens with zero attached hydrogens (tertiary/aromatic N) is 2. The van der Waals surface area contributed by atoms with Gasteiger partial charge in [-0.2, -0.15) is 0 Å². The lowest BCUT2D eigenvalue weighted by atomic mass is 9.78. The molecule has 7 heteroatoms. The van der Waals surface area contributed by atoms with Gasteiger partial charge in [0.15, 0.2) is 0 Å². The molecule has 3 fully saturated rings. The van der Waals surface area contributed by atoms with Gasteiger partial charge < -0.3 is 19.4 Å². The van der Waals surface area contributed by atoms with Crippen molar-refractivity contribution in [2.75, 3.05) is 33.3 Å². The molecule has 4 aliphatic heterocycles. The third-order valence-corrected chi connectivity index (χ3v) is 6.91. The zero-order valence-electron chi connectivity index (χ0n) is 15.6. The molecule has 0 aliphatic carbocycles. The van der Waals surface area contributed by atoms with E-state index in [9.17, 15) is 19.8 Å². The van der Waals surface area contributed by atoms with Crippen LogP contribution in [-0.2, 0) is 14.3 Å². The van der Waals surface area contributed by atoms with Crippen LogP contribution in [0.2, 0.25) is 0 Å². The molecule has 0 aromatic carbocycles. The summed E-state index contributed by atoms with van der Waals surface area (Å²) < 4.78 is 7.00. The number of hydrogen-bond acceptors (Lipinski definition) is 4. The highest BCUT2D eigenvalue weighted by Gasteiger charge is 2.63. The number of carbonyl (C=O) groups excluding carboxylic acids is 1. The van der Waals surface area contributed by atoms with Gasteiger partial charge in [-0.05, 0) is 24.8 Å². The maximum absolute atomic E-state index is 12.5. The Labute approximate surface area is 153 Å². The number of rotatable bonds is 5. The van der Waals surface area contributed by atoms with E-state index in [1.165, 1.54) is 30.8 Å². The summed E-state index contributed by atoms with van der Waals surface area (Å²) in [6.07, 6.45) is 3.08. The summed E-state index contributed by atoms with van der Waals surface area (Å²) in [4.78, 5) is 25.8. The van der Waals surface area contributed by atoms with Crippen LogP contribution in [0, 0.1) is 11.8 Å². The number of likely N-dealkylation sites (tertiary alicyclic amines) is 1. The Morgan fingerprint density at radius 3 is 2.69 bits per heavy atom. The Bertz CT molecular complexity index is 652. The molecule has 4 rings (SSSR count). The molecule has 0 radical (unpaired) electrons. The van der Waals surface area contributed by atoms with Gasteiger partial charge in [0.05, 0.1) is 44.7 Å². The first kappa shape index (κ1) is 17.9. The highest BCUT2D eigenvalue weighted by Crippen LogP contribution is 2.50. The second kappa shape index (κ2) is 6.32. The molecular weight excluding hydrogens is 336 g/mol. The predicted molar refractivity (Wildman–Crippen MR) is 93.0 cm³/mol. The number of aliphatic carboxylic acids is 1. The van der Waals surface area contributed by atoms with Crippen LogP contribution in [0.25, 0.3) is 0 Å². The van der Waals surface area contributed by atoms with Crippen LogP contribution in [0.15, 0.2) is 11.3 Å². The van der Waals surface area contributed by atoms with Gasteiger partial charge in [-0.25, -0.2) is 4.79 Å². The predicted octanol–water partition coefficient (Wildman–Crippen LogP) is 0.582. The minimum atomic E-state index is -1.05. The van der Waals surface area contributed by atoms with Gasteiger partial charge in [0, 0.05) is 25.9 Å². The van der Waals surface area contributed by atoms with Crippen molar-refractivity contribution in [3.8, 4) is 0 Å². The summed E-state index contributed by atoms with van der Waals surface area (Å²) in [5.74, 6) is -1.76. The van der Waals surface area contributed by atoms with Crippen molar-refractivity contribution in [1.29, 1.82) is 0 Å². The fraction of sp³-hybridized carbons (Fsp3) is 0.789. The van der Waals surface area contributed by atoms with Gasteiger partial charge in [0.25, 0.3) is 0 Å². The number of ether oxygens (including phenoxy) is 1. The first-order valence-corrected chi connectivity index (χ1v) is 9.78. The number of amides is 1. The number of quaternary nitrogens is 1. The summed E-state index contributed by atoms with van der Waals surface area (Å²) in [6, 6.07) is -0.358. The largest absolute Gasteiger partial charge is 0.477 e. The second-order valence-corrected chi connectivity index (χ2v) is 8.64. The Morgan fingerprint density at radius 2 is 2.08 bits per heavy atom. The van der Waals surface area contributed by atoms with Crippen molar-refractivity contribution in [1.82, 2.24) is 4.90 Å². The minimum absolute atomic E-state index is 0.121. The normalized spacial score (nSPS) is 36.6. The molecule has 0 bridgehead atoms. The zero-order valence-corrected chi connectivity index (χ0v) is 15.6.